The fourth-order valence-electron chi connectivity index (χ4n) is 3.00. The smallest absolute Gasteiger partial charge is 0.0859 e. The molecule has 2 aromatic carbocycles. The highest BCUT2D eigenvalue weighted by molar-refractivity contribution is 5.92. The number of hydrogen-bond acceptors (Lipinski definition) is 3. The monoisotopic (exact) mass is 325 g/mol. The van der Waals surface area contributed by atoms with Crippen LogP contribution in [0, 0.1) is 6.92 Å². The molecule has 0 bridgehead atoms. The van der Waals surface area contributed by atoms with E-state index in [1.54, 1.807) is 6.20 Å². The minimum atomic E-state index is -0.108. The van der Waals surface area contributed by atoms with Crippen LogP contribution in [0.1, 0.15) is 11.3 Å². The summed E-state index contributed by atoms with van der Waals surface area (Å²) in [6, 6.07) is 22.2. The van der Waals surface area contributed by atoms with Gasteiger partial charge in [0.1, 0.15) is 0 Å². The molecule has 0 unspecified atom stereocenters. The zero-order valence-electron chi connectivity index (χ0n) is 13.7. The largest absolute Gasteiger partial charge is 0.390 e. The van der Waals surface area contributed by atoms with E-state index in [0.29, 0.717) is 5.69 Å². The van der Waals surface area contributed by atoms with Crippen molar-refractivity contribution >= 4 is 10.9 Å². The molecule has 0 saturated carbocycles. The Bertz CT molecular complexity index is 1030. The molecule has 0 saturated heterocycles. The Labute approximate surface area is 146 Å². The van der Waals surface area contributed by atoms with Gasteiger partial charge < -0.3 is 5.11 Å². The Morgan fingerprint density at radius 1 is 0.880 bits per heavy atom. The molecule has 0 atom stereocenters. The Morgan fingerprint density at radius 2 is 1.64 bits per heavy atom. The van der Waals surface area contributed by atoms with E-state index in [4.69, 9.17) is 4.98 Å². The van der Waals surface area contributed by atoms with E-state index in [1.165, 1.54) is 0 Å². The summed E-state index contributed by atoms with van der Waals surface area (Å²) >= 11 is 0. The van der Waals surface area contributed by atoms with Gasteiger partial charge in [-0.25, -0.2) is 4.98 Å². The molecular weight excluding hydrogens is 308 g/mol. The maximum absolute atomic E-state index is 9.62. The Kier molecular flexibility index (Phi) is 4.00. The van der Waals surface area contributed by atoms with Crippen molar-refractivity contribution in [2.75, 3.05) is 0 Å². The van der Waals surface area contributed by atoms with E-state index in [-0.39, 0.29) is 6.61 Å². The van der Waals surface area contributed by atoms with Crippen molar-refractivity contribution in [3.8, 4) is 22.4 Å². The third-order valence-corrected chi connectivity index (χ3v) is 4.29. The molecule has 1 radical (unpaired) electrons. The molecule has 3 nitrogen and oxygen atoms in total. The number of benzene rings is 2. The fraction of sp³-hybridized carbons (Fsp3) is 0.0455. The first kappa shape index (κ1) is 15.5. The number of aliphatic hydroxyl groups excluding tert-OH is 1. The number of fused-ring (bicyclic) bond motifs is 1. The molecule has 0 aliphatic carbocycles. The zero-order chi connectivity index (χ0) is 17.2. The van der Waals surface area contributed by atoms with Crippen LogP contribution in [-0.4, -0.2) is 15.1 Å². The van der Waals surface area contributed by atoms with Gasteiger partial charge in [-0.05, 0) is 30.2 Å². The van der Waals surface area contributed by atoms with Gasteiger partial charge in [-0.2, -0.15) is 0 Å². The van der Waals surface area contributed by atoms with Crippen LogP contribution in [0.4, 0.5) is 0 Å². The minimum absolute atomic E-state index is 0.108. The molecule has 0 aliphatic rings. The molecule has 0 fully saturated rings. The predicted molar refractivity (Wildman–Crippen MR) is 101 cm³/mol. The lowest BCUT2D eigenvalue weighted by atomic mass is 9.97. The van der Waals surface area contributed by atoms with Crippen LogP contribution in [0.3, 0.4) is 0 Å². The van der Waals surface area contributed by atoms with Crippen molar-refractivity contribution in [1.82, 2.24) is 9.97 Å². The molecule has 3 heteroatoms. The van der Waals surface area contributed by atoms with Crippen molar-refractivity contribution in [1.29, 1.82) is 0 Å². The third kappa shape index (κ3) is 2.90. The molecular formula is C22H17N2O. The van der Waals surface area contributed by atoms with Crippen LogP contribution < -0.4 is 0 Å². The van der Waals surface area contributed by atoms with Gasteiger partial charge in [0, 0.05) is 22.7 Å². The molecule has 1 N–H and O–H groups in total. The van der Waals surface area contributed by atoms with E-state index >= 15 is 0 Å². The number of nitrogens with zero attached hydrogens (tertiary/aromatic N) is 2. The van der Waals surface area contributed by atoms with Crippen LogP contribution in [-0.2, 0) is 6.61 Å². The van der Waals surface area contributed by atoms with Crippen molar-refractivity contribution in [3.63, 3.8) is 0 Å². The van der Waals surface area contributed by atoms with Crippen LogP contribution in [0.5, 0.6) is 0 Å². The molecule has 0 aliphatic heterocycles. The standard InChI is InChI=1S/C22H17N2O/c1-15-7-9-17(10-8-15)22-18(16-5-3-2-4-6-16)13-19-20(24-22)11-12-23-21(19)14-25/h2-13,25H,1,14H2. The molecule has 25 heavy (non-hydrogen) atoms. The van der Waals surface area contributed by atoms with Crippen molar-refractivity contribution in [3.05, 3.63) is 91.1 Å². The second-order valence-electron chi connectivity index (χ2n) is 5.93. The second-order valence-corrected chi connectivity index (χ2v) is 5.93. The van der Waals surface area contributed by atoms with E-state index < -0.39 is 0 Å². The summed E-state index contributed by atoms with van der Waals surface area (Å²) in [5.74, 6) is 0. The maximum atomic E-state index is 9.62. The highest BCUT2D eigenvalue weighted by Crippen LogP contribution is 2.34. The number of aliphatic hydroxyl groups is 1. The molecule has 4 rings (SSSR count). The van der Waals surface area contributed by atoms with Gasteiger partial charge in [-0.3, -0.25) is 4.98 Å². The van der Waals surface area contributed by atoms with Gasteiger partial charge in [0.05, 0.1) is 23.5 Å². The number of rotatable bonds is 3. The summed E-state index contributed by atoms with van der Waals surface area (Å²) in [5, 5.41) is 10.5. The second kappa shape index (κ2) is 6.46. The van der Waals surface area contributed by atoms with Crippen molar-refractivity contribution < 1.29 is 5.11 Å². The fourth-order valence-corrected chi connectivity index (χ4v) is 3.00. The van der Waals surface area contributed by atoms with Crippen LogP contribution in [0.2, 0.25) is 0 Å². The summed E-state index contributed by atoms with van der Waals surface area (Å²) in [6.07, 6.45) is 1.69. The quantitative estimate of drug-likeness (QED) is 0.597. The predicted octanol–water partition coefficient (Wildman–Crippen LogP) is 4.64. The summed E-state index contributed by atoms with van der Waals surface area (Å²) in [4.78, 5) is 9.16. The zero-order valence-corrected chi connectivity index (χ0v) is 13.7. The van der Waals surface area contributed by atoms with Gasteiger partial charge in [0.2, 0.25) is 0 Å². The van der Waals surface area contributed by atoms with Crippen LogP contribution in [0.15, 0.2) is 72.9 Å². The maximum Gasteiger partial charge on any atom is 0.0859 e. The van der Waals surface area contributed by atoms with Gasteiger partial charge in [-0.1, -0.05) is 54.6 Å². The normalized spacial score (nSPS) is 11.0. The van der Waals surface area contributed by atoms with Gasteiger partial charge in [-0.15, -0.1) is 0 Å². The Balaban J connectivity index is 2.04. The van der Waals surface area contributed by atoms with E-state index in [0.717, 1.165) is 38.9 Å². The molecule has 2 heterocycles. The lowest BCUT2D eigenvalue weighted by Gasteiger charge is -2.13. The summed E-state index contributed by atoms with van der Waals surface area (Å²) in [6.45, 7) is 3.84. The summed E-state index contributed by atoms with van der Waals surface area (Å²) in [5.41, 5.74) is 6.49. The average Bonchev–Trinajstić information content (AvgIpc) is 2.68. The molecule has 0 amide bonds. The average molecular weight is 325 g/mol. The van der Waals surface area contributed by atoms with E-state index in [1.807, 2.05) is 48.5 Å². The van der Waals surface area contributed by atoms with Gasteiger partial charge >= 0.3 is 0 Å². The molecule has 121 valence electrons. The van der Waals surface area contributed by atoms with Crippen molar-refractivity contribution in [2.45, 2.75) is 6.61 Å². The highest BCUT2D eigenvalue weighted by Gasteiger charge is 2.13. The minimum Gasteiger partial charge on any atom is -0.390 e. The summed E-state index contributed by atoms with van der Waals surface area (Å²) in [7, 11) is 0. The number of aromatic nitrogens is 2. The summed E-state index contributed by atoms with van der Waals surface area (Å²) < 4.78 is 0. The lowest BCUT2D eigenvalue weighted by molar-refractivity contribution is 0.278. The third-order valence-electron chi connectivity index (χ3n) is 4.29. The first-order chi connectivity index (χ1) is 12.3. The molecule has 0 spiro atoms. The van der Waals surface area contributed by atoms with Gasteiger partial charge in [0.25, 0.3) is 0 Å². The Hall–Kier alpha value is -3.04. The topological polar surface area (TPSA) is 46.0 Å². The lowest BCUT2D eigenvalue weighted by Crippen LogP contribution is -1.96. The molecule has 2 aromatic heterocycles. The Morgan fingerprint density at radius 3 is 2.36 bits per heavy atom. The SMILES string of the molecule is [CH2]c1ccc(-c2nc3ccnc(CO)c3cc2-c2ccccc2)cc1. The van der Waals surface area contributed by atoms with Crippen LogP contribution in [0.25, 0.3) is 33.3 Å². The molecule has 4 aromatic rings. The van der Waals surface area contributed by atoms with Gasteiger partial charge in [0.15, 0.2) is 0 Å². The van der Waals surface area contributed by atoms with Crippen LogP contribution >= 0.6 is 0 Å². The van der Waals surface area contributed by atoms with E-state index in [9.17, 15) is 5.11 Å². The van der Waals surface area contributed by atoms with E-state index in [2.05, 4.69) is 30.1 Å². The highest BCUT2D eigenvalue weighted by atomic mass is 16.3. The first-order valence-corrected chi connectivity index (χ1v) is 8.13. The first-order valence-electron chi connectivity index (χ1n) is 8.13. The number of pyridine rings is 2. The van der Waals surface area contributed by atoms with Crippen molar-refractivity contribution in [2.24, 2.45) is 0 Å². The number of hydrogen-bond donors (Lipinski definition) is 1.